The van der Waals surface area contributed by atoms with Gasteiger partial charge in [-0.25, -0.2) is 4.98 Å². The highest BCUT2D eigenvalue weighted by Gasteiger charge is 2.25. The topological polar surface area (TPSA) is 59.0 Å². The minimum absolute atomic E-state index is 0.0820. The Morgan fingerprint density at radius 1 is 1.53 bits per heavy atom. The van der Waals surface area contributed by atoms with Crippen LogP contribution in [-0.2, 0) is 24.2 Å². The van der Waals surface area contributed by atoms with E-state index in [1.807, 2.05) is 13.8 Å². The van der Waals surface area contributed by atoms with Gasteiger partial charge in [-0.15, -0.1) is 0 Å². The summed E-state index contributed by atoms with van der Waals surface area (Å²) < 4.78 is 2.16. The summed E-state index contributed by atoms with van der Waals surface area (Å²) in [6, 6.07) is -0.171. The largest absolute Gasteiger partial charge is 0.355 e. The standard InChI is InChI=1S/C14H24N4O/c1-4-6-13-17-11-9-15-8-7-12(11)18(13)10(3)14(19)16-5-2/h10,15H,4-9H2,1-3H3,(H,16,19). The quantitative estimate of drug-likeness (QED) is 0.839. The first-order chi connectivity index (χ1) is 9.19. The van der Waals surface area contributed by atoms with E-state index in [0.29, 0.717) is 6.54 Å². The van der Waals surface area contributed by atoms with Gasteiger partial charge in [0.05, 0.1) is 5.69 Å². The van der Waals surface area contributed by atoms with Gasteiger partial charge >= 0.3 is 0 Å². The molecule has 1 amide bonds. The van der Waals surface area contributed by atoms with Crippen molar-refractivity contribution < 1.29 is 4.79 Å². The van der Waals surface area contributed by atoms with Crippen LogP contribution in [0.1, 0.15) is 50.4 Å². The van der Waals surface area contributed by atoms with Crippen molar-refractivity contribution in [2.45, 2.75) is 52.6 Å². The van der Waals surface area contributed by atoms with Crippen molar-refractivity contribution >= 4 is 5.91 Å². The van der Waals surface area contributed by atoms with Crippen LogP contribution in [0.5, 0.6) is 0 Å². The third kappa shape index (κ3) is 2.81. The lowest BCUT2D eigenvalue weighted by atomic mass is 10.1. The van der Waals surface area contributed by atoms with E-state index < -0.39 is 0 Å². The molecule has 0 spiro atoms. The predicted octanol–water partition coefficient (Wildman–Crippen LogP) is 1.18. The number of carbonyl (C=O) groups is 1. The minimum atomic E-state index is -0.171. The lowest BCUT2D eigenvalue weighted by Crippen LogP contribution is -2.33. The highest BCUT2D eigenvalue weighted by molar-refractivity contribution is 5.80. The van der Waals surface area contributed by atoms with E-state index in [1.54, 1.807) is 0 Å². The maximum absolute atomic E-state index is 12.1. The number of carbonyl (C=O) groups excluding carboxylic acids is 1. The summed E-state index contributed by atoms with van der Waals surface area (Å²) in [5.74, 6) is 1.13. The van der Waals surface area contributed by atoms with Crippen LogP contribution in [-0.4, -0.2) is 28.5 Å². The summed E-state index contributed by atoms with van der Waals surface area (Å²) in [7, 11) is 0. The number of aromatic nitrogens is 2. The lowest BCUT2D eigenvalue weighted by molar-refractivity contribution is -0.123. The molecule has 2 rings (SSSR count). The van der Waals surface area contributed by atoms with Crippen LogP contribution in [0.15, 0.2) is 0 Å². The molecule has 0 saturated carbocycles. The van der Waals surface area contributed by atoms with Crippen molar-refractivity contribution in [3.63, 3.8) is 0 Å². The number of hydrogen-bond acceptors (Lipinski definition) is 3. The van der Waals surface area contributed by atoms with Gasteiger partial charge in [0.15, 0.2) is 0 Å². The fraction of sp³-hybridized carbons (Fsp3) is 0.714. The molecule has 2 heterocycles. The molecular weight excluding hydrogens is 240 g/mol. The van der Waals surface area contributed by atoms with Gasteiger partial charge in [0.2, 0.25) is 5.91 Å². The number of imidazole rings is 1. The highest BCUT2D eigenvalue weighted by Crippen LogP contribution is 2.22. The normalized spacial score (nSPS) is 15.9. The molecule has 0 radical (unpaired) electrons. The Bertz CT molecular complexity index is 453. The van der Waals surface area contributed by atoms with Gasteiger partial charge < -0.3 is 15.2 Å². The van der Waals surface area contributed by atoms with Gasteiger partial charge in [-0.3, -0.25) is 4.79 Å². The van der Waals surface area contributed by atoms with Gasteiger partial charge in [0.25, 0.3) is 0 Å². The second-order valence-electron chi connectivity index (χ2n) is 5.04. The third-order valence-electron chi connectivity index (χ3n) is 3.59. The lowest BCUT2D eigenvalue weighted by Gasteiger charge is -2.21. The van der Waals surface area contributed by atoms with E-state index in [2.05, 4.69) is 22.1 Å². The Balaban J connectivity index is 2.35. The van der Waals surface area contributed by atoms with E-state index in [1.165, 1.54) is 5.69 Å². The highest BCUT2D eigenvalue weighted by atomic mass is 16.2. The zero-order valence-corrected chi connectivity index (χ0v) is 12.1. The molecule has 0 saturated heterocycles. The molecule has 2 N–H and O–H groups in total. The minimum Gasteiger partial charge on any atom is -0.355 e. The summed E-state index contributed by atoms with van der Waals surface area (Å²) in [5.41, 5.74) is 2.35. The first-order valence-corrected chi connectivity index (χ1v) is 7.26. The van der Waals surface area contributed by atoms with Gasteiger partial charge in [-0.2, -0.15) is 0 Å². The Labute approximate surface area is 114 Å². The molecule has 0 bridgehead atoms. The maximum atomic E-state index is 12.1. The van der Waals surface area contributed by atoms with Crippen molar-refractivity contribution in [2.24, 2.45) is 0 Å². The fourth-order valence-electron chi connectivity index (χ4n) is 2.69. The second kappa shape index (κ2) is 6.19. The van der Waals surface area contributed by atoms with Gasteiger partial charge in [0.1, 0.15) is 11.9 Å². The summed E-state index contributed by atoms with van der Waals surface area (Å²) in [6.07, 6.45) is 2.93. The van der Waals surface area contributed by atoms with E-state index in [9.17, 15) is 4.79 Å². The average Bonchev–Trinajstić information content (AvgIpc) is 2.76. The van der Waals surface area contributed by atoms with E-state index in [-0.39, 0.29) is 11.9 Å². The number of hydrogen-bond donors (Lipinski definition) is 2. The molecule has 1 aromatic heterocycles. The van der Waals surface area contributed by atoms with Crippen LogP contribution in [0.4, 0.5) is 0 Å². The summed E-state index contributed by atoms with van der Waals surface area (Å²) >= 11 is 0. The van der Waals surface area contributed by atoms with E-state index >= 15 is 0 Å². The van der Waals surface area contributed by atoms with Crippen molar-refractivity contribution in [1.82, 2.24) is 20.2 Å². The van der Waals surface area contributed by atoms with Gasteiger partial charge in [0, 0.05) is 38.2 Å². The van der Waals surface area contributed by atoms with Crippen LogP contribution in [0.3, 0.4) is 0 Å². The number of amides is 1. The number of aryl methyl sites for hydroxylation is 1. The zero-order chi connectivity index (χ0) is 13.8. The number of rotatable bonds is 5. The monoisotopic (exact) mass is 264 g/mol. The predicted molar refractivity (Wildman–Crippen MR) is 75.0 cm³/mol. The Morgan fingerprint density at radius 2 is 2.32 bits per heavy atom. The molecular formula is C14H24N4O. The van der Waals surface area contributed by atoms with Crippen LogP contribution < -0.4 is 10.6 Å². The van der Waals surface area contributed by atoms with Crippen molar-refractivity contribution in [1.29, 1.82) is 0 Å². The van der Waals surface area contributed by atoms with E-state index in [4.69, 9.17) is 4.98 Å². The number of likely N-dealkylation sites (N-methyl/N-ethyl adjacent to an activating group) is 1. The molecule has 1 atom stereocenters. The number of fused-ring (bicyclic) bond motifs is 1. The van der Waals surface area contributed by atoms with Crippen LogP contribution in [0.25, 0.3) is 0 Å². The van der Waals surface area contributed by atoms with Crippen LogP contribution in [0, 0.1) is 0 Å². The van der Waals surface area contributed by atoms with Crippen molar-refractivity contribution in [3.8, 4) is 0 Å². The first kappa shape index (κ1) is 14.1. The summed E-state index contributed by atoms with van der Waals surface area (Å²) in [5, 5.41) is 6.25. The number of nitrogens with one attached hydrogen (secondary N) is 2. The Hall–Kier alpha value is -1.36. The Morgan fingerprint density at radius 3 is 3.00 bits per heavy atom. The smallest absolute Gasteiger partial charge is 0.242 e. The first-order valence-electron chi connectivity index (χ1n) is 7.26. The maximum Gasteiger partial charge on any atom is 0.242 e. The van der Waals surface area contributed by atoms with Gasteiger partial charge in [-0.05, 0) is 20.3 Å². The molecule has 5 nitrogen and oxygen atoms in total. The summed E-state index contributed by atoms with van der Waals surface area (Å²) in [6.45, 7) is 8.52. The summed E-state index contributed by atoms with van der Waals surface area (Å²) in [4.78, 5) is 16.8. The number of nitrogens with zero attached hydrogens (tertiary/aromatic N) is 2. The third-order valence-corrected chi connectivity index (χ3v) is 3.59. The molecule has 19 heavy (non-hydrogen) atoms. The fourth-order valence-corrected chi connectivity index (χ4v) is 2.69. The van der Waals surface area contributed by atoms with Crippen LogP contribution >= 0.6 is 0 Å². The molecule has 0 aromatic carbocycles. The molecule has 5 heteroatoms. The molecule has 0 aliphatic carbocycles. The molecule has 106 valence electrons. The molecule has 1 aliphatic rings. The SMILES string of the molecule is CCCc1nc2c(n1C(C)C(=O)NCC)CCNC2. The van der Waals surface area contributed by atoms with E-state index in [0.717, 1.165) is 43.9 Å². The van der Waals surface area contributed by atoms with Crippen molar-refractivity contribution in [3.05, 3.63) is 17.2 Å². The van der Waals surface area contributed by atoms with Gasteiger partial charge in [-0.1, -0.05) is 6.92 Å². The Kier molecular flexibility index (Phi) is 4.58. The molecule has 1 aliphatic heterocycles. The average molecular weight is 264 g/mol. The molecule has 1 aromatic rings. The van der Waals surface area contributed by atoms with Crippen LogP contribution in [0.2, 0.25) is 0 Å². The zero-order valence-electron chi connectivity index (χ0n) is 12.1. The van der Waals surface area contributed by atoms with Crippen molar-refractivity contribution in [2.75, 3.05) is 13.1 Å². The second-order valence-corrected chi connectivity index (χ2v) is 5.04. The molecule has 1 unspecified atom stereocenters. The molecule has 0 fully saturated rings.